The smallest absolute Gasteiger partial charge is 0.202 e. The molecule has 16 heavy (non-hydrogen) atoms. The third-order valence-electron chi connectivity index (χ3n) is 2.30. The molecule has 0 saturated heterocycles. The first kappa shape index (κ1) is 11.1. The third-order valence-corrected chi connectivity index (χ3v) is 3.04. The summed E-state index contributed by atoms with van der Waals surface area (Å²) in [5.41, 5.74) is 0. The summed E-state index contributed by atoms with van der Waals surface area (Å²) < 4.78 is 9.41. The number of rotatable bonds is 5. The van der Waals surface area contributed by atoms with Gasteiger partial charge in [-0.05, 0) is 32.4 Å². The third kappa shape index (κ3) is 3.06. The number of aryl methyl sites for hydroxylation is 2. The van der Waals surface area contributed by atoms with E-state index in [1.807, 2.05) is 19.1 Å². The first-order valence-corrected chi connectivity index (χ1v) is 6.10. The second kappa shape index (κ2) is 5.12. The molecule has 0 aliphatic rings. The summed E-state index contributed by atoms with van der Waals surface area (Å²) in [6.45, 7) is 4.04. The van der Waals surface area contributed by atoms with E-state index >= 15 is 0 Å². The minimum atomic E-state index is 0.373. The number of hydrogen-bond donors (Lipinski definition) is 1. The maximum Gasteiger partial charge on any atom is 0.202 e. The standard InChI is InChI=1S/C11H15N3OS/c1-8(5-6-10-4-3-7-15-10)12-11-13-9(2)14-16-11/h3-4,7-8H,5-6H2,1-2H3,(H,12,13,14). The predicted octanol–water partition coefficient (Wildman–Crippen LogP) is 2.87. The molecule has 0 bridgehead atoms. The molecule has 0 saturated carbocycles. The van der Waals surface area contributed by atoms with Crippen LogP contribution in [0.25, 0.3) is 0 Å². The highest BCUT2D eigenvalue weighted by molar-refractivity contribution is 7.09. The van der Waals surface area contributed by atoms with Crippen molar-refractivity contribution >= 4 is 16.7 Å². The van der Waals surface area contributed by atoms with Crippen molar-refractivity contribution in [2.75, 3.05) is 5.32 Å². The minimum absolute atomic E-state index is 0.373. The Kier molecular flexibility index (Phi) is 3.56. The average molecular weight is 237 g/mol. The van der Waals surface area contributed by atoms with Gasteiger partial charge in [-0.15, -0.1) is 0 Å². The molecule has 0 spiro atoms. The van der Waals surface area contributed by atoms with Crippen LogP contribution in [0.5, 0.6) is 0 Å². The molecule has 0 aromatic carbocycles. The van der Waals surface area contributed by atoms with Crippen molar-refractivity contribution in [1.82, 2.24) is 9.36 Å². The van der Waals surface area contributed by atoms with Crippen LogP contribution in [0.4, 0.5) is 5.13 Å². The first-order valence-electron chi connectivity index (χ1n) is 5.33. The highest BCUT2D eigenvalue weighted by Gasteiger charge is 2.06. The van der Waals surface area contributed by atoms with Crippen LogP contribution in [-0.2, 0) is 6.42 Å². The average Bonchev–Trinajstić information content (AvgIpc) is 2.87. The Bertz CT molecular complexity index is 424. The van der Waals surface area contributed by atoms with Crippen molar-refractivity contribution < 1.29 is 4.42 Å². The van der Waals surface area contributed by atoms with Gasteiger partial charge in [0.15, 0.2) is 0 Å². The lowest BCUT2D eigenvalue weighted by Crippen LogP contribution is -2.15. The van der Waals surface area contributed by atoms with Crippen molar-refractivity contribution in [2.24, 2.45) is 0 Å². The fraction of sp³-hybridized carbons (Fsp3) is 0.455. The summed E-state index contributed by atoms with van der Waals surface area (Å²) in [6, 6.07) is 4.29. The number of nitrogens with zero attached hydrogens (tertiary/aromatic N) is 2. The van der Waals surface area contributed by atoms with Gasteiger partial charge in [-0.25, -0.2) is 4.98 Å². The van der Waals surface area contributed by atoms with E-state index in [-0.39, 0.29) is 0 Å². The van der Waals surface area contributed by atoms with Crippen LogP contribution in [0, 0.1) is 6.92 Å². The predicted molar refractivity (Wildman–Crippen MR) is 64.8 cm³/mol. The van der Waals surface area contributed by atoms with Crippen LogP contribution in [0.15, 0.2) is 22.8 Å². The maximum atomic E-state index is 5.29. The molecule has 0 radical (unpaired) electrons. The van der Waals surface area contributed by atoms with Crippen molar-refractivity contribution in [1.29, 1.82) is 0 Å². The Labute approximate surface area is 98.9 Å². The molecule has 4 nitrogen and oxygen atoms in total. The number of nitrogens with one attached hydrogen (secondary N) is 1. The SMILES string of the molecule is Cc1nsc(NC(C)CCc2ccco2)n1. The van der Waals surface area contributed by atoms with Gasteiger partial charge < -0.3 is 9.73 Å². The summed E-state index contributed by atoms with van der Waals surface area (Å²) >= 11 is 1.41. The molecule has 1 atom stereocenters. The minimum Gasteiger partial charge on any atom is -0.469 e. The number of aromatic nitrogens is 2. The lowest BCUT2D eigenvalue weighted by atomic mass is 10.1. The Hall–Kier alpha value is -1.36. The molecule has 0 fully saturated rings. The highest BCUT2D eigenvalue weighted by Crippen LogP contribution is 2.14. The number of furan rings is 1. The van der Waals surface area contributed by atoms with E-state index < -0.39 is 0 Å². The highest BCUT2D eigenvalue weighted by atomic mass is 32.1. The van der Waals surface area contributed by atoms with Gasteiger partial charge in [-0.1, -0.05) is 0 Å². The molecule has 5 heteroatoms. The van der Waals surface area contributed by atoms with Gasteiger partial charge in [0.05, 0.1) is 6.26 Å². The molecule has 2 aromatic rings. The zero-order chi connectivity index (χ0) is 11.4. The fourth-order valence-electron chi connectivity index (χ4n) is 1.45. The molecule has 2 rings (SSSR count). The van der Waals surface area contributed by atoms with E-state index in [4.69, 9.17) is 4.42 Å². The largest absolute Gasteiger partial charge is 0.469 e. The first-order chi connectivity index (χ1) is 7.74. The molecular weight excluding hydrogens is 222 g/mol. The number of hydrogen-bond acceptors (Lipinski definition) is 5. The van der Waals surface area contributed by atoms with E-state index in [2.05, 4.69) is 21.6 Å². The van der Waals surface area contributed by atoms with E-state index in [9.17, 15) is 0 Å². The molecule has 0 aliphatic heterocycles. The normalized spacial score (nSPS) is 12.6. The van der Waals surface area contributed by atoms with Crippen molar-refractivity contribution in [3.05, 3.63) is 30.0 Å². The molecule has 0 aliphatic carbocycles. The van der Waals surface area contributed by atoms with Crippen LogP contribution < -0.4 is 5.32 Å². The molecule has 2 heterocycles. The Morgan fingerprint density at radius 1 is 1.56 bits per heavy atom. The maximum absolute atomic E-state index is 5.29. The quantitative estimate of drug-likeness (QED) is 0.868. The van der Waals surface area contributed by atoms with Gasteiger partial charge in [-0.3, -0.25) is 0 Å². The van der Waals surface area contributed by atoms with Crippen molar-refractivity contribution in [2.45, 2.75) is 32.7 Å². The molecular formula is C11H15N3OS. The fourth-order valence-corrected chi connectivity index (χ4v) is 2.14. The lowest BCUT2D eigenvalue weighted by molar-refractivity contribution is 0.495. The van der Waals surface area contributed by atoms with Gasteiger partial charge in [0.2, 0.25) is 5.13 Å². The molecule has 0 amide bonds. The van der Waals surface area contributed by atoms with Gasteiger partial charge in [-0.2, -0.15) is 4.37 Å². The van der Waals surface area contributed by atoms with E-state index in [0.717, 1.165) is 29.6 Å². The van der Waals surface area contributed by atoms with Crippen LogP contribution in [0.3, 0.4) is 0 Å². The second-order valence-electron chi connectivity index (χ2n) is 3.81. The van der Waals surface area contributed by atoms with Gasteiger partial charge in [0, 0.05) is 24.0 Å². The summed E-state index contributed by atoms with van der Waals surface area (Å²) in [5.74, 6) is 1.85. The lowest BCUT2D eigenvalue weighted by Gasteiger charge is -2.10. The van der Waals surface area contributed by atoms with E-state index in [1.54, 1.807) is 6.26 Å². The Morgan fingerprint density at radius 3 is 3.06 bits per heavy atom. The summed E-state index contributed by atoms with van der Waals surface area (Å²) in [4.78, 5) is 4.27. The molecule has 1 unspecified atom stereocenters. The van der Waals surface area contributed by atoms with Gasteiger partial charge in [0.25, 0.3) is 0 Å². The molecule has 1 N–H and O–H groups in total. The molecule has 86 valence electrons. The zero-order valence-corrected chi connectivity index (χ0v) is 10.3. The second-order valence-corrected chi connectivity index (χ2v) is 4.56. The van der Waals surface area contributed by atoms with E-state index in [0.29, 0.717) is 6.04 Å². The van der Waals surface area contributed by atoms with Crippen molar-refractivity contribution in [3.63, 3.8) is 0 Å². The Balaban J connectivity index is 1.78. The van der Waals surface area contributed by atoms with Crippen LogP contribution in [-0.4, -0.2) is 15.4 Å². The van der Waals surface area contributed by atoms with Gasteiger partial charge >= 0.3 is 0 Å². The van der Waals surface area contributed by atoms with Crippen LogP contribution in [0.2, 0.25) is 0 Å². The molecule has 2 aromatic heterocycles. The monoisotopic (exact) mass is 237 g/mol. The summed E-state index contributed by atoms with van der Waals surface area (Å²) in [5, 5.41) is 4.22. The van der Waals surface area contributed by atoms with Gasteiger partial charge in [0.1, 0.15) is 11.6 Å². The van der Waals surface area contributed by atoms with E-state index in [1.165, 1.54) is 11.5 Å². The zero-order valence-electron chi connectivity index (χ0n) is 9.43. The van der Waals surface area contributed by atoms with Crippen LogP contribution >= 0.6 is 11.5 Å². The van der Waals surface area contributed by atoms with Crippen LogP contribution in [0.1, 0.15) is 24.9 Å². The summed E-state index contributed by atoms with van der Waals surface area (Å²) in [6.07, 6.45) is 3.67. The Morgan fingerprint density at radius 2 is 2.44 bits per heavy atom. The summed E-state index contributed by atoms with van der Waals surface area (Å²) in [7, 11) is 0. The number of anilines is 1. The topological polar surface area (TPSA) is 51.0 Å². The van der Waals surface area contributed by atoms with Crippen molar-refractivity contribution in [3.8, 4) is 0 Å².